The van der Waals surface area contributed by atoms with Crippen LogP contribution in [0.3, 0.4) is 0 Å². The summed E-state index contributed by atoms with van der Waals surface area (Å²) in [7, 11) is 0. The van der Waals surface area contributed by atoms with E-state index in [2.05, 4.69) is 16.0 Å². The van der Waals surface area contributed by atoms with Crippen LogP contribution < -0.4 is 16.0 Å². The summed E-state index contributed by atoms with van der Waals surface area (Å²) >= 11 is 0. The van der Waals surface area contributed by atoms with Gasteiger partial charge >= 0.3 is 23.9 Å². The van der Waals surface area contributed by atoms with Crippen LogP contribution in [0.15, 0.2) is 0 Å². The van der Waals surface area contributed by atoms with Crippen LogP contribution in [0.4, 0.5) is 0 Å². The van der Waals surface area contributed by atoms with Crippen molar-refractivity contribution < 1.29 is 54.0 Å². The molecule has 3 atom stereocenters. The minimum atomic E-state index is -1.34. The van der Waals surface area contributed by atoms with Crippen molar-refractivity contribution in [3.8, 4) is 0 Å². The third-order valence-electron chi connectivity index (χ3n) is 8.94. The van der Waals surface area contributed by atoms with Gasteiger partial charge in [0.25, 0.3) is 0 Å². The van der Waals surface area contributed by atoms with Gasteiger partial charge in [-0.1, -0.05) is 103 Å². The molecular formula is C37H65N3O11. The number of nitrogens with one attached hydrogen (secondary N) is 3. The largest absolute Gasteiger partial charge is 0.481 e. The number of carboxylic acid groups (broad SMARTS) is 4. The lowest BCUT2D eigenvalue weighted by atomic mass is 10.0. The highest BCUT2D eigenvalue weighted by molar-refractivity contribution is 5.86. The van der Waals surface area contributed by atoms with E-state index in [1.165, 1.54) is 51.4 Å². The number of unbranched alkanes of at least 4 members (excludes halogenated alkanes) is 16. The smallest absolute Gasteiger partial charge is 0.326 e. The molecule has 51 heavy (non-hydrogen) atoms. The van der Waals surface area contributed by atoms with Gasteiger partial charge in [-0.2, -0.15) is 0 Å². The Kier molecular flexibility index (Phi) is 28.8. The summed E-state index contributed by atoms with van der Waals surface area (Å²) in [6, 6.07) is -2.63. The first kappa shape index (κ1) is 47.3. The van der Waals surface area contributed by atoms with E-state index < -0.39 is 59.6 Å². The maximum absolute atomic E-state index is 12.4. The second-order valence-corrected chi connectivity index (χ2v) is 13.6. The summed E-state index contributed by atoms with van der Waals surface area (Å²) < 4.78 is 0. The Balaban J connectivity index is 4.01. The Labute approximate surface area is 303 Å². The second kappa shape index (κ2) is 31.1. The highest BCUT2D eigenvalue weighted by Gasteiger charge is 2.24. The fraction of sp³-hybridized carbons (Fsp3) is 0.811. The lowest BCUT2D eigenvalue weighted by molar-refractivity contribution is -0.143. The summed E-state index contributed by atoms with van der Waals surface area (Å²) in [6.45, 7) is 1.93. The van der Waals surface area contributed by atoms with Gasteiger partial charge in [0.2, 0.25) is 17.7 Å². The summed E-state index contributed by atoms with van der Waals surface area (Å²) in [5, 5.41) is 43.9. The molecule has 0 aliphatic heterocycles. The molecule has 0 bridgehead atoms. The Bertz CT molecular complexity index is 1040. The third-order valence-corrected chi connectivity index (χ3v) is 8.94. The lowest BCUT2D eigenvalue weighted by Gasteiger charge is -2.17. The predicted octanol–water partition coefficient (Wildman–Crippen LogP) is 5.80. The van der Waals surface area contributed by atoms with Crippen LogP contribution in [0, 0.1) is 5.92 Å². The van der Waals surface area contributed by atoms with Crippen molar-refractivity contribution in [2.24, 2.45) is 5.92 Å². The molecule has 0 saturated heterocycles. The van der Waals surface area contributed by atoms with E-state index in [0.29, 0.717) is 32.2 Å². The zero-order valence-corrected chi connectivity index (χ0v) is 30.8. The highest BCUT2D eigenvalue weighted by atomic mass is 16.4. The molecule has 0 fully saturated rings. The Hall–Kier alpha value is -3.71. The maximum atomic E-state index is 12.4. The molecule has 294 valence electrons. The molecule has 0 rings (SSSR count). The number of aliphatic carboxylic acids is 4. The molecular weight excluding hydrogens is 662 g/mol. The minimum absolute atomic E-state index is 0.154. The summed E-state index contributed by atoms with van der Waals surface area (Å²) in [4.78, 5) is 81.4. The summed E-state index contributed by atoms with van der Waals surface area (Å²) in [6.07, 6.45) is 18.7. The van der Waals surface area contributed by atoms with E-state index in [0.717, 1.165) is 44.9 Å². The van der Waals surface area contributed by atoms with Gasteiger partial charge in [0.15, 0.2) is 0 Å². The fourth-order valence-electron chi connectivity index (χ4n) is 5.65. The molecule has 0 aromatic heterocycles. The normalized spacial score (nSPS) is 12.7. The SMILES string of the molecule is C[C@@H](CCCCNC(=O)CC[C@H](NC(=O)CC[C@H](NC(=O)CCCCCCCCCCCCCCCCCCC(=O)O)C(=O)O)C(=O)O)C(=O)O. The molecule has 0 saturated carbocycles. The van der Waals surface area contributed by atoms with Gasteiger partial charge in [-0.25, -0.2) is 9.59 Å². The number of amides is 3. The topological polar surface area (TPSA) is 236 Å². The van der Waals surface area contributed by atoms with Crippen LogP contribution in [-0.2, 0) is 33.6 Å². The van der Waals surface area contributed by atoms with Crippen LogP contribution in [0.1, 0.15) is 167 Å². The zero-order chi connectivity index (χ0) is 38.3. The standard InChI is InChI=1S/C37H65N3O11/c1-28(35(46)47)20-18-19-27-38-31(41)25-23-29(36(48)49)40-33(43)26-24-30(37(50)51)39-32(42)21-16-14-12-10-8-6-4-2-3-5-7-9-11-13-15-17-22-34(44)45/h28-30H,2-27H2,1H3,(H,38,41)(H,39,42)(H,40,43)(H,44,45)(H,46,47)(H,48,49)(H,50,51)/t28-,29-,30-/m0/s1. The maximum Gasteiger partial charge on any atom is 0.326 e. The van der Waals surface area contributed by atoms with Crippen LogP contribution >= 0.6 is 0 Å². The predicted molar refractivity (Wildman–Crippen MR) is 192 cm³/mol. The molecule has 14 nitrogen and oxygen atoms in total. The van der Waals surface area contributed by atoms with Crippen molar-refractivity contribution in [1.82, 2.24) is 16.0 Å². The van der Waals surface area contributed by atoms with Crippen LogP contribution in [0.2, 0.25) is 0 Å². The van der Waals surface area contributed by atoms with Crippen LogP contribution in [0.5, 0.6) is 0 Å². The third kappa shape index (κ3) is 29.7. The van der Waals surface area contributed by atoms with E-state index in [-0.39, 0.29) is 38.5 Å². The average molecular weight is 728 g/mol. The monoisotopic (exact) mass is 727 g/mol. The molecule has 0 radical (unpaired) electrons. The molecule has 0 aromatic rings. The molecule has 0 aromatic carbocycles. The van der Waals surface area contributed by atoms with Crippen molar-refractivity contribution in [1.29, 1.82) is 0 Å². The Morgan fingerprint density at radius 2 is 0.784 bits per heavy atom. The molecule has 0 aliphatic carbocycles. The average Bonchev–Trinajstić information content (AvgIpc) is 3.07. The van der Waals surface area contributed by atoms with E-state index in [1.807, 2.05) is 0 Å². The van der Waals surface area contributed by atoms with Gasteiger partial charge in [-0.15, -0.1) is 0 Å². The molecule has 0 unspecified atom stereocenters. The van der Waals surface area contributed by atoms with Crippen molar-refractivity contribution >= 4 is 41.6 Å². The number of carbonyl (C=O) groups excluding carboxylic acids is 3. The number of carbonyl (C=O) groups is 7. The number of hydrogen-bond donors (Lipinski definition) is 7. The number of rotatable bonds is 35. The van der Waals surface area contributed by atoms with E-state index in [9.17, 15) is 43.8 Å². The molecule has 3 amide bonds. The van der Waals surface area contributed by atoms with Crippen molar-refractivity contribution in [2.75, 3.05) is 6.54 Å². The minimum Gasteiger partial charge on any atom is -0.481 e. The first-order chi connectivity index (χ1) is 24.3. The van der Waals surface area contributed by atoms with Gasteiger partial charge in [0.1, 0.15) is 12.1 Å². The lowest BCUT2D eigenvalue weighted by Crippen LogP contribution is -2.44. The molecule has 0 heterocycles. The highest BCUT2D eigenvalue weighted by Crippen LogP contribution is 2.15. The zero-order valence-electron chi connectivity index (χ0n) is 30.8. The number of carboxylic acids is 4. The first-order valence-electron chi connectivity index (χ1n) is 19.1. The first-order valence-corrected chi connectivity index (χ1v) is 19.1. The summed E-state index contributed by atoms with van der Waals surface area (Å²) in [5.41, 5.74) is 0. The molecule has 7 N–H and O–H groups in total. The van der Waals surface area contributed by atoms with Crippen molar-refractivity contribution in [2.45, 2.75) is 180 Å². The summed E-state index contributed by atoms with van der Waals surface area (Å²) in [5.74, 6) is -6.18. The van der Waals surface area contributed by atoms with Gasteiger partial charge < -0.3 is 36.4 Å². The fourth-order valence-corrected chi connectivity index (χ4v) is 5.65. The molecule has 0 aliphatic rings. The Morgan fingerprint density at radius 1 is 0.412 bits per heavy atom. The van der Waals surface area contributed by atoms with Gasteiger partial charge in [0.05, 0.1) is 5.92 Å². The quantitative estimate of drug-likeness (QED) is 0.0385. The molecule has 0 spiro atoms. The second-order valence-electron chi connectivity index (χ2n) is 13.6. The van der Waals surface area contributed by atoms with Gasteiger partial charge in [-0.05, 0) is 38.5 Å². The van der Waals surface area contributed by atoms with Gasteiger partial charge in [0, 0.05) is 32.2 Å². The van der Waals surface area contributed by atoms with E-state index >= 15 is 0 Å². The van der Waals surface area contributed by atoms with Crippen molar-refractivity contribution in [3.63, 3.8) is 0 Å². The molecule has 14 heteroatoms. The van der Waals surface area contributed by atoms with Crippen LogP contribution in [0.25, 0.3) is 0 Å². The van der Waals surface area contributed by atoms with Gasteiger partial charge in [-0.3, -0.25) is 24.0 Å². The Morgan fingerprint density at radius 3 is 1.18 bits per heavy atom. The van der Waals surface area contributed by atoms with Crippen LogP contribution in [-0.4, -0.2) is 80.7 Å². The van der Waals surface area contributed by atoms with E-state index in [1.54, 1.807) is 6.92 Å². The number of hydrogen-bond acceptors (Lipinski definition) is 7. The van der Waals surface area contributed by atoms with Crippen molar-refractivity contribution in [3.05, 3.63) is 0 Å². The van der Waals surface area contributed by atoms with E-state index in [4.69, 9.17) is 10.2 Å².